The number of aryl methyl sites for hydroxylation is 1. The van der Waals surface area contributed by atoms with Gasteiger partial charge in [0, 0.05) is 60.5 Å². The van der Waals surface area contributed by atoms with Crippen molar-refractivity contribution in [3.05, 3.63) is 111 Å². The molecular weight excluding hydrogens is 657 g/mol. The molecule has 2 saturated heterocycles. The topological polar surface area (TPSA) is 164 Å². The van der Waals surface area contributed by atoms with Crippen LogP contribution < -0.4 is 9.80 Å². The Bertz CT molecular complexity index is 1950. The summed E-state index contributed by atoms with van der Waals surface area (Å²) in [5.74, 6) is -1.14. The number of aromatic nitrogens is 3. The SMILES string of the molecule is C[C@@H]1[C@@H]([Si](C)(C)O)[C@H](CCn2cc(C(CO)c3ccccc3)nn2)O[C@@]12C(=O)N(Cc1cccc(N3CCC3=O)c1)c1ccc([N+](=O)[O-])cc12. The molecule has 260 valence electrons. The molecule has 1 aromatic heterocycles. The Kier molecular flexibility index (Phi) is 8.66. The van der Waals surface area contributed by atoms with Crippen molar-refractivity contribution < 1.29 is 29.2 Å². The van der Waals surface area contributed by atoms with Crippen LogP contribution in [-0.2, 0) is 33.0 Å². The number of benzene rings is 3. The molecule has 2 fully saturated rings. The minimum Gasteiger partial charge on any atom is -0.432 e. The largest absolute Gasteiger partial charge is 0.432 e. The predicted octanol–water partition coefficient (Wildman–Crippen LogP) is 4.48. The molecule has 3 aliphatic heterocycles. The van der Waals surface area contributed by atoms with Crippen LogP contribution in [0.1, 0.15) is 48.1 Å². The molecule has 4 aromatic rings. The van der Waals surface area contributed by atoms with Crippen LogP contribution in [-0.4, -0.2) is 69.2 Å². The first-order chi connectivity index (χ1) is 23.9. The van der Waals surface area contributed by atoms with Gasteiger partial charge in [0.1, 0.15) is 0 Å². The van der Waals surface area contributed by atoms with E-state index in [4.69, 9.17) is 4.74 Å². The van der Waals surface area contributed by atoms with Crippen LogP contribution >= 0.6 is 0 Å². The number of carbonyl (C=O) groups excluding carboxylic acids is 2. The summed E-state index contributed by atoms with van der Waals surface area (Å²) in [4.78, 5) is 53.4. The lowest BCUT2D eigenvalue weighted by atomic mass is 9.82. The third kappa shape index (κ3) is 5.71. The Morgan fingerprint density at radius 3 is 2.54 bits per heavy atom. The number of amides is 2. The van der Waals surface area contributed by atoms with Gasteiger partial charge < -0.3 is 24.4 Å². The van der Waals surface area contributed by atoms with Gasteiger partial charge in [-0.2, -0.15) is 0 Å². The van der Waals surface area contributed by atoms with E-state index in [1.54, 1.807) is 26.7 Å². The van der Waals surface area contributed by atoms with Crippen molar-refractivity contribution in [2.45, 2.75) is 69.1 Å². The van der Waals surface area contributed by atoms with E-state index in [0.717, 1.165) is 16.8 Å². The number of fused-ring (bicyclic) bond motifs is 2. The van der Waals surface area contributed by atoms with Gasteiger partial charge in [0.2, 0.25) is 5.91 Å². The number of nitro benzene ring substituents is 1. The molecule has 2 amide bonds. The van der Waals surface area contributed by atoms with Gasteiger partial charge in [0.05, 0.1) is 41.5 Å². The maximum Gasteiger partial charge on any atom is 0.269 e. The summed E-state index contributed by atoms with van der Waals surface area (Å²) >= 11 is 0. The number of carbonyl (C=O) groups is 2. The molecule has 0 bridgehead atoms. The van der Waals surface area contributed by atoms with Crippen molar-refractivity contribution in [3.63, 3.8) is 0 Å². The van der Waals surface area contributed by atoms with Crippen molar-refractivity contribution in [2.24, 2.45) is 5.92 Å². The highest BCUT2D eigenvalue weighted by molar-refractivity contribution is 6.71. The summed E-state index contributed by atoms with van der Waals surface area (Å²) in [6, 6.07) is 21.5. The van der Waals surface area contributed by atoms with E-state index in [1.807, 2.05) is 74.6 Å². The second-order valence-corrected chi connectivity index (χ2v) is 18.0. The molecule has 3 aromatic carbocycles. The summed E-state index contributed by atoms with van der Waals surface area (Å²) < 4.78 is 8.56. The number of rotatable bonds is 11. The van der Waals surface area contributed by atoms with E-state index >= 15 is 0 Å². The standard InChI is InChI=1S/C36H40N6O7Si/c1-23-34(50(2,3)48)32(14-16-39-21-30(37-38-39)28(22-43)25-9-5-4-6-10-25)49-36(23)29-19-27(42(46)47)12-13-31(29)41(35(36)45)20-24-8-7-11-26(18-24)40-17-15-33(40)44/h4-13,18-19,21,23,28,32,34,43,48H,14-17,20,22H2,1-3H3/t23-,28?,32+,34-,36+/m1/s1. The fraction of sp³-hybridized carbons (Fsp3) is 0.389. The number of aliphatic hydroxyl groups excluding tert-OH is 1. The average Bonchev–Trinajstić information content (AvgIpc) is 3.74. The second-order valence-electron chi connectivity index (χ2n) is 14.0. The van der Waals surface area contributed by atoms with Crippen LogP contribution in [0.2, 0.25) is 18.6 Å². The van der Waals surface area contributed by atoms with Gasteiger partial charge in [0.15, 0.2) is 13.9 Å². The van der Waals surface area contributed by atoms with Crippen molar-refractivity contribution in [1.82, 2.24) is 15.0 Å². The van der Waals surface area contributed by atoms with Gasteiger partial charge in [0.25, 0.3) is 11.6 Å². The number of hydrogen-bond donors (Lipinski definition) is 2. The Balaban J connectivity index is 1.20. The zero-order chi connectivity index (χ0) is 35.4. The highest BCUT2D eigenvalue weighted by Crippen LogP contribution is 2.60. The zero-order valence-electron chi connectivity index (χ0n) is 28.2. The molecule has 0 radical (unpaired) electrons. The molecule has 1 spiro atoms. The van der Waals surface area contributed by atoms with Gasteiger partial charge >= 0.3 is 0 Å². The molecular formula is C36H40N6O7Si. The predicted molar refractivity (Wildman–Crippen MR) is 187 cm³/mol. The highest BCUT2D eigenvalue weighted by Gasteiger charge is 2.66. The number of anilines is 2. The quantitative estimate of drug-likeness (QED) is 0.0996. The highest BCUT2D eigenvalue weighted by atomic mass is 28.4. The Labute approximate surface area is 290 Å². The van der Waals surface area contributed by atoms with Crippen LogP contribution in [0.5, 0.6) is 0 Å². The molecule has 50 heavy (non-hydrogen) atoms. The summed E-state index contributed by atoms with van der Waals surface area (Å²) in [6.45, 7) is 6.60. The summed E-state index contributed by atoms with van der Waals surface area (Å²) in [5.41, 5.74) is 1.93. The van der Waals surface area contributed by atoms with E-state index in [0.29, 0.717) is 42.9 Å². The molecule has 0 aliphatic carbocycles. The third-order valence-corrected chi connectivity index (χ3v) is 13.0. The maximum absolute atomic E-state index is 14.8. The summed E-state index contributed by atoms with van der Waals surface area (Å²) in [5, 5.41) is 30.8. The monoisotopic (exact) mass is 696 g/mol. The normalized spacial score (nSPS) is 23.7. The fourth-order valence-electron chi connectivity index (χ4n) is 8.10. The number of β-lactam (4-membered cyclic amide) rings is 1. The van der Waals surface area contributed by atoms with Crippen molar-refractivity contribution in [3.8, 4) is 0 Å². The fourth-order valence-corrected chi connectivity index (χ4v) is 10.7. The van der Waals surface area contributed by atoms with Crippen molar-refractivity contribution in [2.75, 3.05) is 23.0 Å². The lowest BCUT2D eigenvalue weighted by Crippen LogP contribution is -2.46. The van der Waals surface area contributed by atoms with Gasteiger partial charge in [-0.05, 0) is 48.8 Å². The Morgan fingerprint density at radius 2 is 1.88 bits per heavy atom. The maximum atomic E-state index is 14.8. The van der Waals surface area contributed by atoms with Crippen LogP contribution in [0.25, 0.3) is 0 Å². The van der Waals surface area contributed by atoms with Crippen LogP contribution in [0.3, 0.4) is 0 Å². The molecule has 2 N–H and O–H groups in total. The minimum atomic E-state index is -3.00. The third-order valence-electron chi connectivity index (χ3n) is 10.5. The van der Waals surface area contributed by atoms with E-state index in [1.165, 1.54) is 12.1 Å². The average molecular weight is 697 g/mol. The minimum absolute atomic E-state index is 0.0450. The number of aliphatic hydroxyl groups is 1. The van der Waals surface area contributed by atoms with Gasteiger partial charge in [-0.3, -0.25) is 24.4 Å². The van der Waals surface area contributed by atoms with Gasteiger partial charge in [-0.15, -0.1) is 5.10 Å². The first-order valence-electron chi connectivity index (χ1n) is 16.9. The van der Waals surface area contributed by atoms with Crippen LogP contribution in [0.4, 0.5) is 17.1 Å². The molecule has 13 nitrogen and oxygen atoms in total. The number of ether oxygens (including phenoxy) is 1. The number of non-ortho nitro benzene ring substituents is 1. The number of nitrogens with zero attached hydrogens (tertiary/aromatic N) is 6. The molecule has 3 aliphatic rings. The summed E-state index contributed by atoms with van der Waals surface area (Å²) in [7, 11) is -3.00. The molecule has 14 heteroatoms. The van der Waals surface area contributed by atoms with E-state index < -0.39 is 36.4 Å². The van der Waals surface area contributed by atoms with E-state index in [2.05, 4.69) is 10.3 Å². The molecule has 5 atom stereocenters. The zero-order valence-corrected chi connectivity index (χ0v) is 29.2. The summed E-state index contributed by atoms with van der Waals surface area (Å²) in [6.07, 6.45) is 2.13. The van der Waals surface area contributed by atoms with Crippen molar-refractivity contribution >= 4 is 37.2 Å². The first-order valence-corrected chi connectivity index (χ1v) is 19.9. The van der Waals surface area contributed by atoms with Gasteiger partial charge in [-0.1, -0.05) is 54.6 Å². The molecule has 1 unspecified atom stereocenters. The second kappa shape index (κ2) is 12.8. The number of hydrogen-bond acceptors (Lipinski definition) is 9. The Morgan fingerprint density at radius 1 is 1.10 bits per heavy atom. The first kappa shape index (κ1) is 33.7. The lowest BCUT2D eigenvalue weighted by Gasteiger charge is -2.32. The Hall–Kier alpha value is -4.76. The molecule has 4 heterocycles. The smallest absolute Gasteiger partial charge is 0.269 e. The van der Waals surface area contributed by atoms with Crippen LogP contribution in [0, 0.1) is 16.0 Å². The van der Waals surface area contributed by atoms with E-state index in [-0.39, 0.29) is 36.6 Å². The van der Waals surface area contributed by atoms with Crippen molar-refractivity contribution in [1.29, 1.82) is 0 Å². The van der Waals surface area contributed by atoms with Crippen LogP contribution in [0.15, 0.2) is 79.0 Å². The lowest BCUT2D eigenvalue weighted by molar-refractivity contribution is -0.385. The molecule has 0 saturated carbocycles. The van der Waals surface area contributed by atoms with E-state index in [9.17, 15) is 29.6 Å². The molecule has 7 rings (SSSR count). The van der Waals surface area contributed by atoms with Gasteiger partial charge in [-0.25, -0.2) is 0 Å². The number of nitro groups is 1.